The molecule has 1 aromatic carbocycles. The Bertz CT molecular complexity index is 513. The lowest BCUT2D eigenvalue weighted by molar-refractivity contribution is -0.130. The number of hydrogen-bond donors (Lipinski definition) is 1. The maximum Gasteiger partial charge on any atom is 0.222 e. The zero-order valence-corrected chi connectivity index (χ0v) is 13.1. The maximum absolute atomic E-state index is 12.0. The zero-order chi connectivity index (χ0) is 15.9. The Balaban J connectivity index is 1.66. The van der Waals surface area contributed by atoms with Gasteiger partial charge in [-0.05, 0) is 56.5 Å². The minimum absolute atomic E-state index is 0.0403. The molecule has 1 amide bonds. The van der Waals surface area contributed by atoms with Gasteiger partial charge in [-0.1, -0.05) is 0 Å². The number of ether oxygens (including phenoxy) is 1. The lowest BCUT2D eigenvalue weighted by Crippen LogP contribution is -2.29. The topological polar surface area (TPSA) is 72.6 Å². The number of carbonyl (C=O) groups is 2. The molecular formula is C17H24N2O3. The maximum atomic E-state index is 12.0. The molecule has 0 radical (unpaired) electrons. The molecule has 0 aromatic heterocycles. The number of ketones is 1. The van der Waals surface area contributed by atoms with Crippen LogP contribution in [0.5, 0.6) is 5.75 Å². The summed E-state index contributed by atoms with van der Waals surface area (Å²) in [6, 6.07) is 7.07. The Morgan fingerprint density at radius 1 is 1.32 bits per heavy atom. The summed E-state index contributed by atoms with van der Waals surface area (Å²) in [6.45, 7) is 4.31. The number of rotatable bonds is 7. The monoisotopic (exact) mass is 304 g/mol. The summed E-state index contributed by atoms with van der Waals surface area (Å²) in [5.41, 5.74) is 6.30. The van der Waals surface area contributed by atoms with Crippen molar-refractivity contribution in [3.05, 3.63) is 29.8 Å². The van der Waals surface area contributed by atoms with E-state index in [1.54, 1.807) is 24.3 Å². The van der Waals surface area contributed by atoms with Crippen LogP contribution in [0.25, 0.3) is 0 Å². The van der Waals surface area contributed by atoms with Gasteiger partial charge in [-0.25, -0.2) is 0 Å². The first-order valence-electron chi connectivity index (χ1n) is 7.82. The second-order valence-corrected chi connectivity index (χ2v) is 5.76. The van der Waals surface area contributed by atoms with E-state index in [1.165, 1.54) is 6.92 Å². The van der Waals surface area contributed by atoms with Gasteiger partial charge in [-0.15, -0.1) is 0 Å². The van der Waals surface area contributed by atoms with Crippen LogP contribution in [0.2, 0.25) is 0 Å². The smallest absolute Gasteiger partial charge is 0.222 e. The lowest BCUT2D eigenvalue weighted by Gasteiger charge is -2.16. The number of likely N-dealkylation sites (tertiary alicyclic amines) is 1. The van der Waals surface area contributed by atoms with Gasteiger partial charge in [-0.2, -0.15) is 0 Å². The van der Waals surface area contributed by atoms with Crippen molar-refractivity contribution in [2.75, 3.05) is 26.2 Å². The number of carbonyl (C=O) groups excluding carboxylic acids is 2. The molecule has 0 saturated carbocycles. The molecule has 5 heteroatoms. The second-order valence-electron chi connectivity index (χ2n) is 5.76. The molecule has 0 aliphatic carbocycles. The number of nitrogens with zero attached hydrogens (tertiary/aromatic N) is 1. The highest BCUT2D eigenvalue weighted by atomic mass is 16.5. The molecule has 1 heterocycles. The van der Waals surface area contributed by atoms with E-state index in [0.717, 1.165) is 25.3 Å². The van der Waals surface area contributed by atoms with Crippen molar-refractivity contribution >= 4 is 11.7 Å². The summed E-state index contributed by atoms with van der Waals surface area (Å²) in [5.74, 6) is 1.41. The van der Waals surface area contributed by atoms with E-state index in [1.807, 2.05) is 4.90 Å². The van der Waals surface area contributed by atoms with Gasteiger partial charge in [-0.3, -0.25) is 9.59 Å². The molecule has 1 saturated heterocycles. The molecule has 22 heavy (non-hydrogen) atoms. The predicted octanol–water partition coefficient (Wildman–Crippen LogP) is 1.86. The third kappa shape index (κ3) is 4.56. The van der Waals surface area contributed by atoms with Crippen LogP contribution in [-0.4, -0.2) is 42.8 Å². The molecule has 2 N–H and O–H groups in total. The van der Waals surface area contributed by atoms with Crippen molar-refractivity contribution < 1.29 is 14.3 Å². The molecule has 1 aromatic rings. The number of hydrogen-bond acceptors (Lipinski definition) is 4. The quantitative estimate of drug-likeness (QED) is 0.616. The van der Waals surface area contributed by atoms with Crippen LogP contribution in [0, 0.1) is 5.92 Å². The summed E-state index contributed by atoms with van der Waals surface area (Å²) in [5, 5.41) is 0. The summed E-state index contributed by atoms with van der Waals surface area (Å²) in [4.78, 5) is 25.1. The van der Waals surface area contributed by atoms with E-state index >= 15 is 0 Å². The fourth-order valence-electron chi connectivity index (χ4n) is 2.61. The van der Waals surface area contributed by atoms with Gasteiger partial charge in [0.2, 0.25) is 5.91 Å². The van der Waals surface area contributed by atoms with Gasteiger partial charge >= 0.3 is 0 Å². The fraction of sp³-hybridized carbons (Fsp3) is 0.529. The van der Waals surface area contributed by atoms with Crippen LogP contribution in [-0.2, 0) is 4.79 Å². The van der Waals surface area contributed by atoms with Crippen LogP contribution < -0.4 is 10.5 Å². The van der Waals surface area contributed by atoms with Crippen LogP contribution in [0.3, 0.4) is 0 Å². The van der Waals surface area contributed by atoms with Gasteiger partial charge in [0, 0.05) is 25.1 Å². The van der Waals surface area contributed by atoms with Crippen molar-refractivity contribution in [2.45, 2.75) is 26.2 Å². The van der Waals surface area contributed by atoms with Crippen molar-refractivity contribution in [1.82, 2.24) is 4.90 Å². The van der Waals surface area contributed by atoms with Gasteiger partial charge in [0.1, 0.15) is 5.75 Å². The number of amides is 1. The van der Waals surface area contributed by atoms with E-state index in [0.29, 0.717) is 37.5 Å². The number of Topliss-reactive ketones (excluding diaryl/α,β-unsaturated/α-hetero) is 1. The van der Waals surface area contributed by atoms with Crippen LogP contribution >= 0.6 is 0 Å². The summed E-state index contributed by atoms with van der Waals surface area (Å²) >= 11 is 0. The van der Waals surface area contributed by atoms with Crippen molar-refractivity contribution in [3.8, 4) is 5.75 Å². The molecule has 1 unspecified atom stereocenters. The van der Waals surface area contributed by atoms with E-state index in [4.69, 9.17) is 10.5 Å². The standard InChI is InChI=1S/C17H24N2O3/c1-13(20)15-4-6-16(7-5-15)22-10-2-3-17(21)19-9-8-14(11-18)12-19/h4-7,14H,2-3,8-12,18H2,1H3. The average Bonchev–Trinajstić information content (AvgIpc) is 3.01. The highest BCUT2D eigenvalue weighted by molar-refractivity contribution is 5.94. The number of nitrogens with two attached hydrogens (primary N) is 1. The number of benzene rings is 1. The average molecular weight is 304 g/mol. The molecule has 1 atom stereocenters. The van der Waals surface area contributed by atoms with Crippen molar-refractivity contribution in [2.24, 2.45) is 11.7 Å². The predicted molar refractivity (Wildman–Crippen MR) is 84.9 cm³/mol. The van der Waals surface area contributed by atoms with Crippen LogP contribution in [0.1, 0.15) is 36.5 Å². The van der Waals surface area contributed by atoms with Crippen molar-refractivity contribution in [1.29, 1.82) is 0 Å². The first kappa shape index (κ1) is 16.5. The third-order valence-electron chi connectivity index (χ3n) is 4.04. The Morgan fingerprint density at radius 3 is 2.64 bits per heavy atom. The fourth-order valence-corrected chi connectivity index (χ4v) is 2.61. The SMILES string of the molecule is CC(=O)c1ccc(OCCCC(=O)N2CCC(CN)C2)cc1. The third-order valence-corrected chi connectivity index (χ3v) is 4.04. The van der Waals surface area contributed by atoms with Gasteiger partial charge in [0.15, 0.2) is 5.78 Å². The Labute approximate surface area is 131 Å². The Morgan fingerprint density at radius 2 is 2.05 bits per heavy atom. The normalized spacial score (nSPS) is 17.5. The molecule has 1 aliphatic rings. The highest BCUT2D eigenvalue weighted by Gasteiger charge is 2.24. The molecule has 0 bridgehead atoms. The molecule has 1 fully saturated rings. The van der Waals surface area contributed by atoms with E-state index in [-0.39, 0.29) is 11.7 Å². The molecule has 1 aliphatic heterocycles. The van der Waals surface area contributed by atoms with E-state index < -0.39 is 0 Å². The highest BCUT2D eigenvalue weighted by Crippen LogP contribution is 2.17. The van der Waals surface area contributed by atoms with Crippen molar-refractivity contribution in [3.63, 3.8) is 0 Å². The summed E-state index contributed by atoms with van der Waals surface area (Å²) in [7, 11) is 0. The van der Waals surface area contributed by atoms with Gasteiger partial charge < -0.3 is 15.4 Å². The van der Waals surface area contributed by atoms with Gasteiger partial charge in [0.05, 0.1) is 6.61 Å². The second kappa shape index (κ2) is 7.94. The molecular weight excluding hydrogens is 280 g/mol. The molecule has 5 nitrogen and oxygen atoms in total. The zero-order valence-electron chi connectivity index (χ0n) is 13.1. The minimum atomic E-state index is 0.0403. The Kier molecular flexibility index (Phi) is 5.95. The lowest BCUT2D eigenvalue weighted by atomic mass is 10.1. The molecule has 0 spiro atoms. The van der Waals surface area contributed by atoms with Crippen LogP contribution in [0.4, 0.5) is 0 Å². The van der Waals surface area contributed by atoms with Gasteiger partial charge in [0.25, 0.3) is 0 Å². The van der Waals surface area contributed by atoms with E-state index in [2.05, 4.69) is 0 Å². The molecule has 120 valence electrons. The first-order valence-corrected chi connectivity index (χ1v) is 7.82. The summed E-state index contributed by atoms with van der Waals surface area (Å²) in [6.07, 6.45) is 2.21. The van der Waals surface area contributed by atoms with Crippen LogP contribution in [0.15, 0.2) is 24.3 Å². The van der Waals surface area contributed by atoms with E-state index in [9.17, 15) is 9.59 Å². The summed E-state index contributed by atoms with van der Waals surface area (Å²) < 4.78 is 5.59. The first-order chi connectivity index (χ1) is 10.6. The Hall–Kier alpha value is -1.88. The largest absolute Gasteiger partial charge is 0.494 e. The minimum Gasteiger partial charge on any atom is -0.494 e. The molecule has 2 rings (SSSR count).